The summed E-state index contributed by atoms with van der Waals surface area (Å²) in [4.78, 5) is 0. The molecule has 0 saturated carbocycles. The van der Waals surface area contributed by atoms with Crippen LogP contribution in [0, 0.1) is 6.92 Å². The maximum atomic E-state index is 5.73. The summed E-state index contributed by atoms with van der Waals surface area (Å²) in [6.45, 7) is 14.3. The first-order chi connectivity index (χ1) is 8.92. The average molecular weight is 265 g/mol. The van der Waals surface area contributed by atoms with E-state index in [0.29, 0.717) is 6.61 Å². The lowest BCUT2D eigenvalue weighted by molar-refractivity contribution is 0.118. The Kier molecular flexibility index (Phi) is 6.32. The van der Waals surface area contributed by atoms with E-state index in [1.54, 1.807) is 0 Å². The van der Waals surface area contributed by atoms with E-state index in [-0.39, 0.29) is 5.54 Å². The van der Waals surface area contributed by atoms with Crippen molar-refractivity contribution in [2.24, 2.45) is 0 Å². The summed E-state index contributed by atoms with van der Waals surface area (Å²) in [5, 5.41) is 3.42. The van der Waals surface area contributed by atoms with Crippen LogP contribution in [0.5, 0.6) is 0 Å². The SMILES string of the molecule is C=CCCCOCc1cc(CNC(C)(C)C)oc1C. The lowest BCUT2D eigenvalue weighted by Gasteiger charge is -2.19. The molecule has 0 aliphatic rings. The summed E-state index contributed by atoms with van der Waals surface area (Å²) >= 11 is 0. The van der Waals surface area contributed by atoms with Gasteiger partial charge >= 0.3 is 0 Å². The zero-order chi connectivity index (χ0) is 14.3. The van der Waals surface area contributed by atoms with E-state index in [2.05, 4.69) is 38.7 Å². The van der Waals surface area contributed by atoms with E-state index in [4.69, 9.17) is 9.15 Å². The van der Waals surface area contributed by atoms with Gasteiger partial charge in [-0.1, -0.05) is 6.08 Å². The van der Waals surface area contributed by atoms with Crippen LogP contribution in [-0.2, 0) is 17.9 Å². The second-order valence-corrected chi connectivity index (χ2v) is 5.88. The van der Waals surface area contributed by atoms with Gasteiger partial charge in [-0.05, 0) is 46.6 Å². The second kappa shape index (κ2) is 7.51. The van der Waals surface area contributed by atoms with Crippen LogP contribution in [0.25, 0.3) is 0 Å². The number of nitrogens with one attached hydrogen (secondary N) is 1. The average Bonchev–Trinajstić information content (AvgIpc) is 2.67. The van der Waals surface area contributed by atoms with Crippen LogP contribution in [0.1, 0.15) is 50.7 Å². The zero-order valence-electron chi connectivity index (χ0n) is 12.7. The summed E-state index contributed by atoms with van der Waals surface area (Å²) in [6, 6.07) is 2.08. The highest BCUT2D eigenvalue weighted by molar-refractivity contribution is 5.20. The Labute approximate surface area is 117 Å². The molecular formula is C16H27NO2. The summed E-state index contributed by atoms with van der Waals surface area (Å²) in [5.41, 5.74) is 1.24. The van der Waals surface area contributed by atoms with Crippen LogP contribution in [0.4, 0.5) is 0 Å². The molecule has 0 amide bonds. The second-order valence-electron chi connectivity index (χ2n) is 5.88. The van der Waals surface area contributed by atoms with Crippen LogP contribution >= 0.6 is 0 Å². The number of unbranched alkanes of at least 4 members (excludes halogenated alkanes) is 1. The molecule has 0 atom stereocenters. The predicted molar refractivity (Wildman–Crippen MR) is 79.1 cm³/mol. The van der Waals surface area contributed by atoms with Crippen molar-refractivity contribution in [3.8, 4) is 0 Å². The van der Waals surface area contributed by atoms with Crippen LogP contribution in [0.15, 0.2) is 23.1 Å². The van der Waals surface area contributed by atoms with Crippen molar-refractivity contribution in [3.05, 3.63) is 35.8 Å². The lowest BCUT2D eigenvalue weighted by atomic mass is 10.1. The Hall–Kier alpha value is -1.06. The van der Waals surface area contributed by atoms with Gasteiger partial charge < -0.3 is 14.5 Å². The molecule has 0 bridgehead atoms. The van der Waals surface area contributed by atoms with Gasteiger partial charge in [-0.3, -0.25) is 0 Å². The topological polar surface area (TPSA) is 34.4 Å². The first-order valence-corrected chi connectivity index (χ1v) is 6.94. The van der Waals surface area contributed by atoms with E-state index >= 15 is 0 Å². The highest BCUT2D eigenvalue weighted by Crippen LogP contribution is 2.16. The number of hydrogen-bond acceptors (Lipinski definition) is 3. The molecule has 0 unspecified atom stereocenters. The Morgan fingerprint density at radius 2 is 2.16 bits per heavy atom. The van der Waals surface area contributed by atoms with Crippen LogP contribution in [0.2, 0.25) is 0 Å². The molecular weight excluding hydrogens is 238 g/mol. The molecule has 1 rings (SSSR count). The molecule has 0 aromatic carbocycles. The van der Waals surface area contributed by atoms with Gasteiger partial charge in [0.25, 0.3) is 0 Å². The van der Waals surface area contributed by atoms with Crippen LogP contribution < -0.4 is 5.32 Å². The molecule has 3 heteroatoms. The molecule has 1 heterocycles. The summed E-state index contributed by atoms with van der Waals surface area (Å²) < 4.78 is 11.4. The first-order valence-electron chi connectivity index (χ1n) is 6.94. The van der Waals surface area contributed by atoms with Gasteiger partial charge in [-0.2, -0.15) is 0 Å². The van der Waals surface area contributed by atoms with Gasteiger partial charge in [0.1, 0.15) is 11.5 Å². The highest BCUT2D eigenvalue weighted by atomic mass is 16.5. The zero-order valence-corrected chi connectivity index (χ0v) is 12.7. The minimum Gasteiger partial charge on any atom is -0.465 e. The maximum Gasteiger partial charge on any atom is 0.118 e. The minimum atomic E-state index is 0.0993. The Bertz CT molecular complexity index is 388. The van der Waals surface area contributed by atoms with Crippen molar-refractivity contribution in [1.29, 1.82) is 0 Å². The van der Waals surface area contributed by atoms with Gasteiger partial charge in [-0.25, -0.2) is 0 Å². The first kappa shape index (κ1) is 16.0. The van der Waals surface area contributed by atoms with E-state index in [0.717, 1.165) is 43.1 Å². The number of aryl methyl sites for hydroxylation is 1. The molecule has 0 fully saturated rings. The largest absolute Gasteiger partial charge is 0.465 e. The normalized spacial score (nSPS) is 11.8. The van der Waals surface area contributed by atoms with Gasteiger partial charge in [0.2, 0.25) is 0 Å². The smallest absolute Gasteiger partial charge is 0.118 e. The molecule has 19 heavy (non-hydrogen) atoms. The Morgan fingerprint density at radius 1 is 1.42 bits per heavy atom. The molecule has 0 spiro atoms. The quantitative estimate of drug-likeness (QED) is 0.570. The molecule has 3 nitrogen and oxygen atoms in total. The van der Waals surface area contributed by atoms with E-state index < -0.39 is 0 Å². The molecule has 1 aromatic heterocycles. The van der Waals surface area contributed by atoms with Gasteiger partial charge in [0.15, 0.2) is 0 Å². The number of hydrogen-bond donors (Lipinski definition) is 1. The standard InChI is InChI=1S/C16H27NO2/c1-6-7-8-9-18-12-14-10-15(19-13(14)2)11-17-16(3,4)5/h6,10,17H,1,7-9,11-12H2,2-5H3. The molecule has 1 N–H and O–H groups in total. The van der Waals surface area contributed by atoms with Crippen molar-refractivity contribution < 1.29 is 9.15 Å². The maximum absolute atomic E-state index is 5.73. The molecule has 108 valence electrons. The third-order valence-corrected chi connectivity index (χ3v) is 2.82. The van der Waals surface area contributed by atoms with E-state index in [1.807, 2.05) is 13.0 Å². The van der Waals surface area contributed by atoms with E-state index in [1.165, 1.54) is 0 Å². The molecule has 0 radical (unpaired) electrons. The number of ether oxygens (including phenoxy) is 1. The van der Waals surface area contributed by atoms with Gasteiger partial charge in [-0.15, -0.1) is 6.58 Å². The number of rotatable bonds is 8. The van der Waals surface area contributed by atoms with Crippen molar-refractivity contribution in [1.82, 2.24) is 5.32 Å². The number of allylic oxidation sites excluding steroid dienone is 1. The fraction of sp³-hybridized carbons (Fsp3) is 0.625. The van der Waals surface area contributed by atoms with Crippen molar-refractivity contribution in [2.75, 3.05) is 6.61 Å². The molecule has 1 aromatic rings. The fourth-order valence-electron chi connectivity index (χ4n) is 1.68. The molecule has 0 aliphatic heterocycles. The third-order valence-electron chi connectivity index (χ3n) is 2.82. The summed E-state index contributed by atoms with van der Waals surface area (Å²) in [6.07, 6.45) is 3.95. The van der Waals surface area contributed by atoms with Crippen LogP contribution in [0.3, 0.4) is 0 Å². The highest BCUT2D eigenvalue weighted by Gasteiger charge is 2.12. The van der Waals surface area contributed by atoms with Crippen molar-refractivity contribution in [3.63, 3.8) is 0 Å². The van der Waals surface area contributed by atoms with Crippen LogP contribution in [-0.4, -0.2) is 12.1 Å². The fourth-order valence-corrected chi connectivity index (χ4v) is 1.68. The predicted octanol–water partition coefficient (Wildman–Crippen LogP) is 3.96. The van der Waals surface area contributed by atoms with E-state index in [9.17, 15) is 0 Å². The van der Waals surface area contributed by atoms with Crippen molar-refractivity contribution in [2.45, 2.75) is 59.2 Å². The molecule has 0 aliphatic carbocycles. The summed E-state index contributed by atoms with van der Waals surface area (Å²) in [5.74, 6) is 1.92. The van der Waals surface area contributed by atoms with Crippen molar-refractivity contribution >= 4 is 0 Å². The molecule has 0 saturated heterocycles. The monoisotopic (exact) mass is 265 g/mol. The Morgan fingerprint density at radius 3 is 2.79 bits per heavy atom. The lowest BCUT2D eigenvalue weighted by Crippen LogP contribution is -2.34. The van der Waals surface area contributed by atoms with Gasteiger partial charge in [0.05, 0.1) is 13.2 Å². The minimum absolute atomic E-state index is 0.0993. The van der Waals surface area contributed by atoms with Gasteiger partial charge in [0, 0.05) is 17.7 Å². The number of furan rings is 1. The Balaban J connectivity index is 2.38. The summed E-state index contributed by atoms with van der Waals surface area (Å²) in [7, 11) is 0. The third kappa shape index (κ3) is 6.60.